The van der Waals surface area contributed by atoms with Crippen molar-refractivity contribution in [3.63, 3.8) is 0 Å². The number of thiocarbonyl (C=S) groups is 1. The minimum absolute atomic E-state index is 0.584. The summed E-state index contributed by atoms with van der Waals surface area (Å²) < 4.78 is 1.99. The van der Waals surface area contributed by atoms with E-state index < -0.39 is 0 Å². The van der Waals surface area contributed by atoms with Crippen LogP contribution >= 0.6 is 12.2 Å². The van der Waals surface area contributed by atoms with Gasteiger partial charge in [0, 0.05) is 6.54 Å². The molecule has 2 N–H and O–H groups in total. The van der Waals surface area contributed by atoms with Crippen molar-refractivity contribution in [2.24, 2.45) is 0 Å². The highest BCUT2D eigenvalue weighted by molar-refractivity contribution is 7.80. The first kappa shape index (κ1) is 15.3. The zero-order chi connectivity index (χ0) is 15.2. The van der Waals surface area contributed by atoms with Crippen molar-refractivity contribution >= 4 is 23.0 Å². The van der Waals surface area contributed by atoms with Gasteiger partial charge < -0.3 is 10.6 Å². The Kier molecular flexibility index (Phi) is 5.11. The molecule has 110 valence electrons. The summed E-state index contributed by atoms with van der Waals surface area (Å²) in [4.78, 5) is 0. The second kappa shape index (κ2) is 7.04. The second-order valence-corrected chi connectivity index (χ2v) is 5.22. The van der Waals surface area contributed by atoms with Gasteiger partial charge in [0.05, 0.1) is 23.6 Å². The molecule has 1 aromatic carbocycles. The van der Waals surface area contributed by atoms with Crippen LogP contribution in [-0.4, -0.2) is 21.4 Å². The van der Waals surface area contributed by atoms with E-state index in [0.29, 0.717) is 11.7 Å². The molecule has 0 atom stereocenters. The first-order valence-electron chi connectivity index (χ1n) is 6.85. The van der Waals surface area contributed by atoms with Gasteiger partial charge in [0.25, 0.3) is 0 Å². The number of nitrogens with one attached hydrogen (secondary N) is 2. The Morgan fingerprint density at radius 1 is 1.33 bits per heavy atom. The van der Waals surface area contributed by atoms with Crippen LogP contribution in [0.5, 0.6) is 0 Å². The molecule has 0 aliphatic carbocycles. The maximum Gasteiger partial charge on any atom is 0.171 e. The molecule has 5 heteroatoms. The number of rotatable bonds is 5. The molecule has 0 unspecified atom stereocenters. The molecule has 0 bridgehead atoms. The van der Waals surface area contributed by atoms with E-state index in [1.165, 1.54) is 5.56 Å². The fraction of sp³-hybridized carbons (Fsp3) is 0.250. The van der Waals surface area contributed by atoms with Gasteiger partial charge in [-0.05, 0) is 31.6 Å². The molecule has 0 radical (unpaired) electrons. The van der Waals surface area contributed by atoms with Crippen molar-refractivity contribution < 1.29 is 0 Å². The molecule has 0 saturated heterocycles. The fourth-order valence-electron chi connectivity index (χ4n) is 2.11. The normalized spacial score (nSPS) is 10.2. The first-order chi connectivity index (χ1) is 10.1. The number of nitrogens with zero attached hydrogens (tertiary/aromatic N) is 2. The van der Waals surface area contributed by atoms with E-state index in [4.69, 9.17) is 12.2 Å². The molecule has 0 amide bonds. The van der Waals surface area contributed by atoms with Crippen LogP contribution in [0.4, 0.5) is 5.69 Å². The van der Waals surface area contributed by atoms with Gasteiger partial charge in [-0.2, -0.15) is 5.10 Å². The molecular weight excluding hydrogens is 280 g/mol. The summed E-state index contributed by atoms with van der Waals surface area (Å²) in [7, 11) is 0. The lowest BCUT2D eigenvalue weighted by Crippen LogP contribution is -2.28. The van der Waals surface area contributed by atoms with E-state index in [1.807, 2.05) is 36.7 Å². The largest absolute Gasteiger partial charge is 0.359 e. The molecule has 0 saturated carbocycles. The number of benzene rings is 1. The molecule has 0 fully saturated rings. The molecule has 0 spiro atoms. The zero-order valence-electron chi connectivity index (χ0n) is 12.4. The second-order valence-electron chi connectivity index (χ2n) is 4.81. The van der Waals surface area contributed by atoms with Crippen molar-refractivity contribution in [3.8, 4) is 0 Å². The van der Waals surface area contributed by atoms with Crippen LogP contribution in [0.25, 0.3) is 0 Å². The average molecular weight is 300 g/mol. The molecule has 2 aromatic rings. The minimum atomic E-state index is 0.584. The van der Waals surface area contributed by atoms with Crippen molar-refractivity contribution in [3.05, 3.63) is 59.9 Å². The lowest BCUT2D eigenvalue weighted by atomic mass is 10.2. The zero-order valence-corrected chi connectivity index (χ0v) is 13.2. The van der Waals surface area contributed by atoms with Crippen LogP contribution in [-0.2, 0) is 6.54 Å². The van der Waals surface area contributed by atoms with E-state index in [9.17, 15) is 0 Å². The van der Waals surface area contributed by atoms with Crippen LogP contribution in [0.3, 0.4) is 0 Å². The first-order valence-corrected chi connectivity index (χ1v) is 7.26. The van der Waals surface area contributed by atoms with Crippen molar-refractivity contribution in [2.45, 2.75) is 20.4 Å². The summed E-state index contributed by atoms with van der Waals surface area (Å²) in [5, 5.41) is 11.4. The standard InChI is InChI=1S/C16H20N4S/c1-4-10-17-16(21)18-15-12(2)19-20(13(15)3)11-14-8-6-5-7-9-14/h4-9H,1,10-11H2,2-3H3,(H2,17,18,21). The number of anilines is 1. The number of hydrogen-bond donors (Lipinski definition) is 2. The molecule has 1 aromatic heterocycles. The van der Waals surface area contributed by atoms with Crippen LogP contribution in [0, 0.1) is 13.8 Å². The summed E-state index contributed by atoms with van der Waals surface area (Å²) in [6, 6.07) is 10.3. The summed E-state index contributed by atoms with van der Waals surface area (Å²) in [6.45, 7) is 9.07. The Bertz CT molecular complexity index is 631. The Morgan fingerprint density at radius 3 is 2.71 bits per heavy atom. The maximum absolute atomic E-state index is 5.25. The third kappa shape index (κ3) is 3.92. The Hall–Kier alpha value is -2.14. The fourth-order valence-corrected chi connectivity index (χ4v) is 2.30. The van der Waals surface area contributed by atoms with Crippen LogP contribution in [0.2, 0.25) is 0 Å². The lowest BCUT2D eigenvalue weighted by molar-refractivity contribution is 0.659. The number of aromatic nitrogens is 2. The molecule has 0 aliphatic heterocycles. The molecule has 0 aliphatic rings. The topological polar surface area (TPSA) is 41.9 Å². The lowest BCUT2D eigenvalue weighted by Gasteiger charge is -2.10. The quantitative estimate of drug-likeness (QED) is 0.658. The van der Waals surface area contributed by atoms with E-state index >= 15 is 0 Å². The molecule has 4 nitrogen and oxygen atoms in total. The van der Waals surface area contributed by atoms with E-state index in [-0.39, 0.29) is 0 Å². The van der Waals surface area contributed by atoms with E-state index in [1.54, 1.807) is 6.08 Å². The van der Waals surface area contributed by atoms with Gasteiger partial charge in [0.2, 0.25) is 0 Å². The van der Waals surface area contributed by atoms with Gasteiger partial charge in [0.1, 0.15) is 0 Å². The molecule has 21 heavy (non-hydrogen) atoms. The van der Waals surface area contributed by atoms with Gasteiger partial charge in [-0.1, -0.05) is 36.4 Å². The summed E-state index contributed by atoms with van der Waals surface area (Å²) >= 11 is 5.25. The van der Waals surface area contributed by atoms with Gasteiger partial charge in [-0.25, -0.2) is 0 Å². The highest BCUT2D eigenvalue weighted by Crippen LogP contribution is 2.20. The number of hydrogen-bond acceptors (Lipinski definition) is 2. The highest BCUT2D eigenvalue weighted by Gasteiger charge is 2.12. The van der Waals surface area contributed by atoms with Gasteiger partial charge in [-0.3, -0.25) is 4.68 Å². The third-order valence-corrected chi connectivity index (χ3v) is 3.45. The Labute approximate surface area is 130 Å². The highest BCUT2D eigenvalue weighted by atomic mass is 32.1. The smallest absolute Gasteiger partial charge is 0.171 e. The van der Waals surface area contributed by atoms with E-state index in [2.05, 4.69) is 34.4 Å². The minimum Gasteiger partial charge on any atom is -0.359 e. The van der Waals surface area contributed by atoms with Crippen LogP contribution in [0.1, 0.15) is 17.0 Å². The SMILES string of the molecule is C=CCNC(=S)Nc1c(C)nn(Cc2ccccc2)c1C. The maximum atomic E-state index is 5.25. The monoisotopic (exact) mass is 300 g/mol. The third-order valence-electron chi connectivity index (χ3n) is 3.20. The van der Waals surface area contributed by atoms with Gasteiger partial charge in [0.15, 0.2) is 5.11 Å². The predicted molar refractivity (Wildman–Crippen MR) is 91.7 cm³/mol. The van der Waals surface area contributed by atoms with Gasteiger partial charge in [-0.15, -0.1) is 6.58 Å². The van der Waals surface area contributed by atoms with Crippen molar-refractivity contribution in [1.29, 1.82) is 0 Å². The Balaban J connectivity index is 2.13. The summed E-state index contributed by atoms with van der Waals surface area (Å²) in [6.07, 6.45) is 1.77. The van der Waals surface area contributed by atoms with Crippen molar-refractivity contribution in [1.82, 2.24) is 15.1 Å². The molecular formula is C16H20N4S. The summed E-state index contributed by atoms with van der Waals surface area (Å²) in [5.41, 5.74) is 4.19. The van der Waals surface area contributed by atoms with E-state index in [0.717, 1.165) is 23.6 Å². The molecule has 1 heterocycles. The Morgan fingerprint density at radius 2 is 2.05 bits per heavy atom. The number of aryl methyl sites for hydroxylation is 1. The van der Waals surface area contributed by atoms with Crippen LogP contribution in [0.15, 0.2) is 43.0 Å². The van der Waals surface area contributed by atoms with Crippen LogP contribution < -0.4 is 10.6 Å². The van der Waals surface area contributed by atoms with Crippen molar-refractivity contribution in [2.75, 3.05) is 11.9 Å². The summed E-state index contributed by atoms with van der Waals surface area (Å²) in [5.74, 6) is 0. The average Bonchev–Trinajstić information content (AvgIpc) is 2.74. The molecule has 2 rings (SSSR count). The predicted octanol–water partition coefficient (Wildman–Crippen LogP) is 3.02. The van der Waals surface area contributed by atoms with Gasteiger partial charge >= 0.3 is 0 Å².